The summed E-state index contributed by atoms with van der Waals surface area (Å²) in [5, 5.41) is 10.7. The van der Waals surface area contributed by atoms with Crippen molar-refractivity contribution in [3.63, 3.8) is 0 Å². The molecule has 6 nitrogen and oxygen atoms in total. The van der Waals surface area contributed by atoms with Crippen molar-refractivity contribution in [2.24, 2.45) is 0 Å². The van der Waals surface area contributed by atoms with Gasteiger partial charge in [0.05, 0.1) is 25.9 Å². The van der Waals surface area contributed by atoms with Gasteiger partial charge in [-0.3, -0.25) is 9.69 Å². The summed E-state index contributed by atoms with van der Waals surface area (Å²) in [6, 6.07) is 12.9. The molecule has 0 spiro atoms. The average Bonchev–Trinajstić information content (AvgIpc) is 2.82. The molecule has 1 unspecified atom stereocenters. The smallest absolute Gasteiger partial charge is 0.291 e. The molecule has 33 heavy (non-hydrogen) atoms. The number of aliphatic hydroxyl groups is 1. The van der Waals surface area contributed by atoms with E-state index in [0.29, 0.717) is 45.1 Å². The first kappa shape index (κ1) is 22.3. The SMILES string of the molecule is O=C1c2ccc(N3CCOCC3)cc2C(F)(F)CN1CC(O)CN1CCc2ccccc2C1. The van der Waals surface area contributed by atoms with Gasteiger partial charge in [0.15, 0.2) is 0 Å². The fraction of sp³-hybridized carbons (Fsp3) is 0.480. The van der Waals surface area contributed by atoms with Crippen LogP contribution in [0.3, 0.4) is 0 Å². The summed E-state index contributed by atoms with van der Waals surface area (Å²) in [4.78, 5) is 18.2. The van der Waals surface area contributed by atoms with Crippen molar-refractivity contribution in [2.45, 2.75) is 25.0 Å². The molecule has 3 aliphatic rings. The molecule has 3 heterocycles. The predicted molar refractivity (Wildman–Crippen MR) is 121 cm³/mol. The Balaban J connectivity index is 1.26. The van der Waals surface area contributed by atoms with Gasteiger partial charge in [-0.1, -0.05) is 24.3 Å². The maximum atomic E-state index is 15.1. The molecule has 0 bridgehead atoms. The number of fused-ring (bicyclic) bond motifs is 2. The zero-order valence-electron chi connectivity index (χ0n) is 18.6. The number of morpholine rings is 1. The summed E-state index contributed by atoms with van der Waals surface area (Å²) in [5.74, 6) is -3.62. The highest BCUT2D eigenvalue weighted by atomic mass is 19.3. The monoisotopic (exact) mass is 457 g/mol. The number of rotatable bonds is 5. The average molecular weight is 458 g/mol. The maximum Gasteiger partial charge on any atom is 0.291 e. The van der Waals surface area contributed by atoms with Crippen molar-refractivity contribution >= 4 is 11.6 Å². The number of β-amino-alcohol motifs (C(OH)–C–C–N with tert-alkyl or cyclic N) is 1. The fourth-order valence-electron chi connectivity index (χ4n) is 5.07. The number of benzene rings is 2. The van der Waals surface area contributed by atoms with Gasteiger partial charge in [-0.05, 0) is 35.7 Å². The van der Waals surface area contributed by atoms with Crippen LogP contribution in [0.1, 0.15) is 27.0 Å². The van der Waals surface area contributed by atoms with Crippen molar-refractivity contribution in [1.82, 2.24) is 9.80 Å². The Morgan fingerprint density at radius 1 is 1.03 bits per heavy atom. The molecule has 1 atom stereocenters. The summed E-state index contributed by atoms with van der Waals surface area (Å²) in [7, 11) is 0. The summed E-state index contributed by atoms with van der Waals surface area (Å²) in [6.45, 7) is 3.40. The van der Waals surface area contributed by atoms with Gasteiger partial charge in [-0.15, -0.1) is 0 Å². The lowest BCUT2D eigenvalue weighted by Crippen LogP contribution is -2.50. The first-order valence-corrected chi connectivity index (χ1v) is 11.5. The lowest BCUT2D eigenvalue weighted by molar-refractivity contribution is -0.0494. The van der Waals surface area contributed by atoms with Gasteiger partial charge in [-0.2, -0.15) is 8.78 Å². The number of nitrogens with zero attached hydrogens (tertiary/aromatic N) is 3. The third-order valence-corrected chi connectivity index (χ3v) is 6.79. The maximum absolute atomic E-state index is 15.1. The standard InChI is InChI=1S/C25H29F2N3O3/c26-25(27)17-30(16-21(31)15-28-8-7-18-3-1-2-4-19(18)14-28)24(32)22-6-5-20(13-23(22)25)29-9-11-33-12-10-29/h1-6,13,21,31H,7-12,14-17H2. The number of hydrogen-bond donors (Lipinski definition) is 1. The summed E-state index contributed by atoms with van der Waals surface area (Å²) < 4.78 is 35.6. The Hall–Kier alpha value is -2.55. The first-order chi connectivity index (χ1) is 15.9. The number of carbonyl (C=O) groups is 1. The minimum atomic E-state index is -3.17. The Morgan fingerprint density at radius 3 is 2.58 bits per heavy atom. The molecule has 8 heteroatoms. The molecule has 1 saturated heterocycles. The Labute approximate surface area is 192 Å². The van der Waals surface area contributed by atoms with Crippen molar-refractivity contribution in [3.05, 3.63) is 64.7 Å². The minimum absolute atomic E-state index is 0.0161. The molecular weight excluding hydrogens is 428 g/mol. The molecular formula is C25H29F2N3O3. The molecule has 1 amide bonds. The van der Waals surface area contributed by atoms with E-state index in [9.17, 15) is 9.90 Å². The Bertz CT molecular complexity index is 1030. The molecule has 0 aromatic heterocycles. The molecule has 2 aromatic carbocycles. The summed E-state index contributed by atoms with van der Waals surface area (Å²) >= 11 is 0. The van der Waals surface area contributed by atoms with Crippen LogP contribution in [0.2, 0.25) is 0 Å². The van der Waals surface area contributed by atoms with E-state index >= 15 is 8.78 Å². The third kappa shape index (κ3) is 4.60. The van der Waals surface area contributed by atoms with Crippen LogP contribution in [-0.2, 0) is 23.6 Å². The van der Waals surface area contributed by atoms with Crippen molar-refractivity contribution < 1.29 is 23.4 Å². The van der Waals surface area contributed by atoms with E-state index in [1.54, 1.807) is 6.07 Å². The molecule has 1 N–H and O–H groups in total. The second-order valence-electron chi connectivity index (χ2n) is 9.13. The van der Waals surface area contributed by atoms with E-state index < -0.39 is 24.5 Å². The summed E-state index contributed by atoms with van der Waals surface area (Å²) in [5.41, 5.74) is 3.00. The van der Waals surface area contributed by atoms with Gasteiger partial charge in [0.25, 0.3) is 11.8 Å². The number of halogens is 2. The molecule has 2 aromatic rings. The molecule has 0 aliphatic carbocycles. The number of hydrogen-bond acceptors (Lipinski definition) is 5. The van der Waals surface area contributed by atoms with Crippen LogP contribution in [0.25, 0.3) is 0 Å². The van der Waals surface area contributed by atoms with Crippen LogP contribution >= 0.6 is 0 Å². The molecule has 5 rings (SSSR count). The topological polar surface area (TPSA) is 56.3 Å². The number of aliphatic hydroxyl groups excluding tert-OH is 1. The second-order valence-corrected chi connectivity index (χ2v) is 9.13. The van der Waals surface area contributed by atoms with Crippen molar-refractivity contribution in [3.8, 4) is 0 Å². The lowest BCUT2D eigenvalue weighted by atomic mass is 9.94. The van der Waals surface area contributed by atoms with Gasteiger partial charge < -0.3 is 19.6 Å². The second kappa shape index (κ2) is 9.00. The highest BCUT2D eigenvalue weighted by Crippen LogP contribution is 2.38. The predicted octanol–water partition coefficient (Wildman–Crippen LogP) is 2.49. The Morgan fingerprint density at radius 2 is 1.79 bits per heavy atom. The highest BCUT2D eigenvalue weighted by Gasteiger charge is 2.44. The fourth-order valence-corrected chi connectivity index (χ4v) is 5.07. The number of ether oxygens (including phenoxy) is 1. The van der Waals surface area contributed by atoms with Gasteiger partial charge in [-0.25, -0.2) is 0 Å². The van der Waals surface area contributed by atoms with E-state index in [1.807, 2.05) is 17.0 Å². The van der Waals surface area contributed by atoms with E-state index in [1.165, 1.54) is 23.3 Å². The van der Waals surface area contributed by atoms with Crippen LogP contribution < -0.4 is 4.90 Å². The molecule has 0 saturated carbocycles. The molecule has 1 fully saturated rings. The van der Waals surface area contributed by atoms with Crippen molar-refractivity contribution in [1.29, 1.82) is 0 Å². The van der Waals surface area contributed by atoms with Crippen molar-refractivity contribution in [2.75, 3.05) is 57.4 Å². The normalized spacial score (nSPS) is 21.5. The van der Waals surface area contributed by atoms with Crippen LogP contribution in [0.4, 0.5) is 14.5 Å². The molecule has 3 aliphatic heterocycles. The number of amides is 1. The van der Waals surface area contributed by atoms with Crippen LogP contribution in [-0.4, -0.2) is 79.4 Å². The molecule has 0 radical (unpaired) electrons. The zero-order valence-corrected chi connectivity index (χ0v) is 18.6. The lowest BCUT2D eigenvalue weighted by Gasteiger charge is -2.37. The van der Waals surface area contributed by atoms with Crippen LogP contribution in [0, 0.1) is 0 Å². The molecule has 176 valence electrons. The Kier molecular flexibility index (Phi) is 6.07. The highest BCUT2D eigenvalue weighted by molar-refractivity contribution is 5.97. The van der Waals surface area contributed by atoms with Gasteiger partial charge in [0, 0.05) is 56.1 Å². The first-order valence-electron chi connectivity index (χ1n) is 11.5. The third-order valence-electron chi connectivity index (χ3n) is 6.79. The van der Waals surface area contributed by atoms with Gasteiger partial charge >= 0.3 is 0 Å². The van der Waals surface area contributed by atoms with Crippen LogP contribution in [0.15, 0.2) is 42.5 Å². The minimum Gasteiger partial charge on any atom is -0.390 e. The van der Waals surface area contributed by atoms with Crippen LogP contribution in [0.5, 0.6) is 0 Å². The van der Waals surface area contributed by atoms with Gasteiger partial charge in [0.1, 0.15) is 0 Å². The van der Waals surface area contributed by atoms with E-state index in [2.05, 4.69) is 17.0 Å². The quantitative estimate of drug-likeness (QED) is 0.748. The number of anilines is 1. The van der Waals surface area contributed by atoms with E-state index in [0.717, 1.165) is 17.9 Å². The number of carbonyl (C=O) groups excluding carboxylic acids is 1. The van der Waals surface area contributed by atoms with Gasteiger partial charge in [0.2, 0.25) is 0 Å². The largest absolute Gasteiger partial charge is 0.390 e. The summed E-state index contributed by atoms with van der Waals surface area (Å²) in [6.07, 6.45) is -0.00757. The van der Waals surface area contributed by atoms with E-state index in [4.69, 9.17) is 4.74 Å². The number of alkyl halides is 2. The zero-order chi connectivity index (χ0) is 23.0. The van der Waals surface area contributed by atoms with E-state index in [-0.39, 0.29) is 17.7 Å².